The van der Waals surface area contributed by atoms with Gasteiger partial charge in [-0.2, -0.15) is 0 Å². The molecule has 0 aliphatic heterocycles. The summed E-state index contributed by atoms with van der Waals surface area (Å²) in [7, 11) is 16.1. The minimum atomic E-state index is -4.71. The average Bonchev–Trinajstić information content (AvgIpc) is 3.35. The van der Waals surface area contributed by atoms with Crippen molar-refractivity contribution in [2.24, 2.45) is 0 Å². The van der Waals surface area contributed by atoms with Gasteiger partial charge in [0.1, 0.15) is 0 Å². The zero-order valence-electron chi connectivity index (χ0n) is 16.9. The first-order valence-corrected chi connectivity index (χ1v) is 27.2. The second kappa shape index (κ2) is 7.75. The fourth-order valence-electron chi connectivity index (χ4n) is 5.56. The topological polar surface area (TPSA) is 0 Å². The molecule has 0 spiro atoms. The third-order valence-corrected chi connectivity index (χ3v) is 60.3. The van der Waals surface area contributed by atoms with Crippen LogP contribution in [0.2, 0.25) is 6.04 Å². The summed E-state index contributed by atoms with van der Waals surface area (Å²) in [6, 6.07) is 26.8. The van der Waals surface area contributed by atoms with Gasteiger partial charge < -0.3 is 0 Å². The number of halogens is 3. The number of fused-ring (bicyclic) bond motifs is 4. The number of hydrogen-bond acceptors (Lipinski definition) is 0. The molecule has 0 heterocycles. The molecule has 2 aliphatic carbocycles. The Morgan fingerprint density at radius 1 is 0.800 bits per heavy atom. The average molecular weight is 550 g/mol. The van der Waals surface area contributed by atoms with E-state index >= 15 is 0 Å². The van der Waals surface area contributed by atoms with Gasteiger partial charge in [0.2, 0.25) is 0 Å². The Hall–Kier alpha value is -0.630. The van der Waals surface area contributed by atoms with E-state index in [9.17, 15) is 0 Å². The summed E-state index contributed by atoms with van der Waals surface area (Å²) >= 11 is 2.71. The van der Waals surface area contributed by atoms with Gasteiger partial charge in [-0.15, -0.1) is 0 Å². The monoisotopic (exact) mass is 547 g/mol. The Bertz CT molecular complexity index is 1110. The van der Waals surface area contributed by atoms with E-state index < -0.39 is 20.8 Å². The van der Waals surface area contributed by atoms with Crippen molar-refractivity contribution < 1.29 is 15.6 Å². The fraction of sp³-hybridized carbons (Fsp3) is 0.200. The van der Waals surface area contributed by atoms with E-state index in [4.69, 9.17) is 28.1 Å². The van der Waals surface area contributed by atoms with Crippen LogP contribution in [0, 0.1) is 0 Å². The second-order valence-corrected chi connectivity index (χ2v) is 51.3. The third-order valence-electron chi connectivity index (χ3n) is 6.92. The van der Waals surface area contributed by atoms with Crippen LogP contribution in [-0.2, 0) is 15.6 Å². The van der Waals surface area contributed by atoms with Crippen LogP contribution < -0.4 is 0 Å². The van der Waals surface area contributed by atoms with Crippen molar-refractivity contribution in [2.45, 2.75) is 26.6 Å². The molecule has 2 atom stereocenters. The molecule has 0 aromatic heterocycles. The maximum atomic E-state index is 8.07. The molecule has 0 saturated carbocycles. The van der Waals surface area contributed by atoms with Crippen LogP contribution in [-0.4, -0.2) is 5.23 Å². The van der Waals surface area contributed by atoms with E-state index in [1.165, 1.54) is 33.4 Å². The van der Waals surface area contributed by atoms with E-state index in [2.05, 4.69) is 91.9 Å². The molecule has 0 bridgehead atoms. The van der Waals surface area contributed by atoms with Crippen LogP contribution >= 0.6 is 28.1 Å². The molecule has 0 fully saturated rings. The number of allylic oxidation sites excluding steroid dienone is 1. The van der Waals surface area contributed by atoms with Crippen LogP contribution in [0.5, 0.6) is 0 Å². The zero-order chi connectivity index (χ0) is 21.0. The van der Waals surface area contributed by atoms with Gasteiger partial charge in [-0.1, -0.05) is 0 Å². The molecule has 0 nitrogen and oxygen atoms in total. The Kier molecular flexibility index (Phi) is 5.48. The van der Waals surface area contributed by atoms with Crippen LogP contribution in [0.15, 0.2) is 78.9 Å². The molecule has 0 radical (unpaired) electrons. The molecule has 5 rings (SSSR count). The Labute approximate surface area is 192 Å². The standard InChI is InChI=1S/C13H9.C9H7.C3H8ClSi.2ClH.Zr/c1-3-7-12-10(5-1)9-11-6-2-4-8-13(11)12;1-2-5-9-7-3-6-8(9)4-1;1-2-3-5-4;;;/h1-9H;1-7H;5H,2-3H2,1H3;2*1H;/q;;;;;+2/p-2. The summed E-state index contributed by atoms with van der Waals surface area (Å²) in [5, 5.41) is -1.97. The Morgan fingerprint density at radius 2 is 1.33 bits per heavy atom. The summed E-state index contributed by atoms with van der Waals surface area (Å²) in [6.07, 6.45) is 5.50. The van der Waals surface area contributed by atoms with Crippen molar-refractivity contribution in [3.63, 3.8) is 0 Å². The van der Waals surface area contributed by atoms with Crippen LogP contribution in [0.25, 0.3) is 17.2 Å². The minimum absolute atomic E-state index is 0.0312. The first-order chi connectivity index (χ1) is 14.5. The van der Waals surface area contributed by atoms with Crippen molar-refractivity contribution in [2.75, 3.05) is 0 Å². The van der Waals surface area contributed by atoms with E-state index in [1.807, 2.05) is 0 Å². The van der Waals surface area contributed by atoms with Gasteiger partial charge in [0.25, 0.3) is 0 Å². The Morgan fingerprint density at radius 3 is 1.93 bits per heavy atom. The summed E-state index contributed by atoms with van der Waals surface area (Å²) < 4.78 is 0.0830. The fourth-order valence-corrected chi connectivity index (χ4v) is 45.4. The van der Waals surface area contributed by atoms with Crippen LogP contribution in [0.4, 0.5) is 0 Å². The predicted molar refractivity (Wildman–Crippen MR) is 132 cm³/mol. The van der Waals surface area contributed by atoms with Crippen molar-refractivity contribution in [1.29, 1.82) is 0 Å². The molecule has 3 aromatic carbocycles. The Balaban J connectivity index is 1.81. The second-order valence-electron chi connectivity index (χ2n) is 8.56. The van der Waals surface area contributed by atoms with E-state index in [0.29, 0.717) is 0 Å². The van der Waals surface area contributed by atoms with E-state index in [-0.39, 0.29) is 7.25 Å². The summed E-state index contributed by atoms with van der Waals surface area (Å²) in [5.74, 6) is 0. The first-order valence-electron chi connectivity index (χ1n) is 10.6. The van der Waals surface area contributed by atoms with E-state index in [0.717, 1.165) is 12.5 Å². The molecule has 153 valence electrons. The van der Waals surface area contributed by atoms with Crippen LogP contribution in [0.3, 0.4) is 0 Å². The van der Waals surface area contributed by atoms with Gasteiger partial charge in [-0.3, -0.25) is 0 Å². The van der Waals surface area contributed by atoms with Crippen molar-refractivity contribution >= 4 is 39.4 Å². The molecule has 0 amide bonds. The quantitative estimate of drug-likeness (QED) is 0.221. The van der Waals surface area contributed by atoms with Gasteiger partial charge in [0, 0.05) is 0 Å². The molecule has 2 aliphatic rings. The predicted octanol–water partition coefficient (Wildman–Crippen LogP) is 8.39. The molecule has 0 N–H and O–H groups in total. The molecular formula is C25H24Cl3SiZr. The molecule has 30 heavy (non-hydrogen) atoms. The molecule has 3 aromatic rings. The van der Waals surface area contributed by atoms with Crippen molar-refractivity contribution in [1.82, 2.24) is 0 Å². The molecular weight excluding hydrogens is 526 g/mol. The van der Waals surface area contributed by atoms with Crippen molar-refractivity contribution in [3.8, 4) is 11.1 Å². The van der Waals surface area contributed by atoms with Gasteiger partial charge in [0.05, 0.1) is 0 Å². The SMILES string of the molecule is CCC[SiH](Cl)[Zr]([Cl])([Cl])([CH]1C=Cc2ccccc21)[CH]1c2ccccc2-c2ccccc21. The first kappa shape index (κ1) is 21.2. The third kappa shape index (κ3) is 2.95. The van der Waals surface area contributed by atoms with Gasteiger partial charge >= 0.3 is 194 Å². The summed E-state index contributed by atoms with van der Waals surface area (Å²) in [4.78, 5) is 0. The van der Waals surface area contributed by atoms with Gasteiger partial charge in [0.15, 0.2) is 0 Å². The maximum absolute atomic E-state index is 8.07. The molecule has 2 unspecified atom stereocenters. The summed E-state index contributed by atoms with van der Waals surface area (Å²) in [6.45, 7) is 2.20. The zero-order valence-corrected chi connectivity index (χ0v) is 22.7. The van der Waals surface area contributed by atoms with Gasteiger partial charge in [-0.05, 0) is 0 Å². The number of rotatable bonds is 5. The van der Waals surface area contributed by atoms with Crippen LogP contribution in [0.1, 0.15) is 42.8 Å². The van der Waals surface area contributed by atoms with E-state index in [1.54, 1.807) is 0 Å². The van der Waals surface area contributed by atoms with Gasteiger partial charge in [-0.25, -0.2) is 0 Å². The molecule has 0 saturated heterocycles. The normalized spacial score (nSPS) is 19.6. The summed E-state index contributed by atoms with van der Waals surface area (Å²) in [5.41, 5.74) is 7.60. The van der Waals surface area contributed by atoms with Crippen molar-refractivity contribution in [3.05, 3.63) is 101 Å². The molecule has 5 heteroatoms. The number of benzene rings is 3. The number of hydrogen-bond donors (Lipinski definition) is 0.